The molecule has 0 spiro atoms. The second-order valence-corrected chi connectivity index (χ2v) is 3.58. The highest BCUT2D eigenvalue weighted by atomic mass is 79.9. The number of halogens is 1. The number of aromatic amines is 1. The lowest BCUT2D eigenvalue weighted by Gasteiger charge is -2.04. The van der Waals surface area contributed by atoms with Crippen LogP contribution in [-0.4, -0.2) is 26.5 Å². The fourth-order valence-corrected chi connectivity index (χ4v) is 1.52. The quantitative estimate of drug-likeness (QED) is 0.823. The highest BCUT2D eigenvalue weighted by molar-refractivity contribution is 9.10. The van der Waals surface area contributed by atoms with Gasteiger partial charge in [-0.2, -0.15) is 0 Å². The molecule has 0 fully saturated rings. The van der Waals surface area contributed by atoms with Gasteiger partial charge in [-0.05, 0) is 22.4 Å². The van der Waals surface area contributed by atoms with Crippen LogP contribution >= 0.6 is 15.9 Å². The molecule has 2 N–H and O–H groups in total. The molecule has 6 heteroatoms. The van der Waals surface area contributed by atoms with Gasteiger partial charge in [0.1, 0.15) is 5.52 Å². The third-order valence-corrected chi connectivity index (χ3v) is 2.16. The molecule has 0 aliphatic carbocycles. The number of aromatic nitrogens is 4. The van der Waals surface area contributed by atoms with Gasteiger partial charge < -0.3 is 10.3 Å². The third-order valence-electron chi connectivity index (χ3n) is 1.80. The van der Waals surface area contributed by atoms with Crippen LogP contribution in [0.2, 0.25) is 0 Å². The summed E-state index contributed by atoms with van der Waals surface area (Å²) in [6.45, 7) is 2.99. The van der Waals surface area contributed by atoms with Crippen molar-refractivity contribution >= 4 is 32.9 Å². The summed E-state index contributed by atoms with van der Waals surface area (Å²) in [6.07, 6.45) is 2.67. The zero-order chi connectivity index (χ0) is 9.97. The van der Waals surface area contributed by atoms with Gasteiger partial charge in [0.2, 0.25) is 4.73 Å². The maximum absolute atomic E-state index is 4.23. The summed E-state index contributed by atoms with van der Waals surface area (Å²) < 4.78 is 0.552. The maximum Gasteiger partial charge on any atom is 0.200 e. The van der Waals surface area contributed by atoms with E-state index in [0.717, 1.165) is 24.3 Å². The van der Waals surface area contributed by atoms with Crippen LogP contribution in [0, 0.1) is 0 Å². The second kappa shape index (κ2) is 3.91. The lowest BCUT2D eigenvalue weighted by atomic mass is 10.4. The SMILES string of the molecule is CCCNc1nc(Br)nc2nc[nH]c12. The molecule has 0 aromatic carbocycles. The number of imidazole rings is 1. The molecular formula is C8H10BrN5. The third kappa shape index (κ3) is 1.70. The molecule has 0 saturated carbocycles. The first kappa shape index (κ1) is 9.39. The molecule has 0 saturated heterocycles. The number of hydrogen-bond acceptors (Lipinski definition) is 4. The molecule has 2 rings (SSSR count). The first-order valence-corrected chi connectivity index (χ1v) is 5.21. The van der Waals surface area contributed by atoms with E-state index >= 15 is 0 Å². The van der Waals surface area contributed by atoms with Gasteiger partial charge in [-0.1, -0.05) is 6.92 Å². The van der Waals surface area contributed by atoms with Crippen LogP contribution in [0.3, 0.4) is 0 Å². The summed E-state index contributed by atoms with van der Waals surface area (Å²) in [7, 11) is 0. The molecular weight excluding hydrogens is 246 g/mol. The van der Waals surface area contributed by atoms with E-state index in [9.17, 15) is 0 Å². The van der Waals surface area contributed by atoms with E-state index < -0.39 is 0 Å². The summed E-state index contributed by atoms with van der Waals surface area (Å²) in [5.41, 5.74) is 1.52. The van der Waals surface area contributed by atoms with E-state index in [1.54, 1.807) is 6.33 Å². The Labute approximate surface area is 89.5 Å². The standard InChI is InChI=1S/C8H10BrN5/c1-2-3-10-6-5-7(12-4-11-5)14-8(9)13-6/h4H,2-3H2,1H3,(H2,10,11,12,13,14). The Hall–Kier alpha value is -1.17. The van der Waals surface area contributed by atoms with Crippen LogP contribution in [0.1, 0.15) is 13.3 Å². The minimum atomic E-state index is 0.552. The number of fused-ring (bicyclic) bond motifs is 1. The van der Waals surface area contributed by atoms with Crippen LogP contribution in [0.4, 0.5) is 5.82 Å². The van der Waals surface area contributed by atoms with Crippen molar-refractivity contribution in [1.29, 1.82) is 0 Å². The van der Waals surface area contributed by atoms with Gasteiger partial charge in [-0.15, -0.1) is 0 Å². The molecule has 0 aliphatic rings. The Kier molecular flexibility index (Phi) is 2.62. The molecule has 5 nitrogen and oxygen atoms in total. The number of nitrogens with one attached hydrogen (secondary N) is 2. The molecule has 0 amide bonds. The minimum Gasteiger partial charge on any atom is -0.368 e. The van der Waals surface area contributed by atoms with Crippen LogP contribution in [0.15, 0.2) is 11.1 Å². The normalized spacial score (nSPS) is 10.7. The first-order chi connectivity index (χ1) is 6.81. The Bertz CT molecular complexity index is 438. The van der Waals surface area contributed by atoms with Gasteiger partial charge in [0.25, 0.3) is 0 Å². The number of H-pyrrole nitrogens is 1. The summed E-state index contributed by atoms with van der Waals surface area (Å²) in [6, 6.07) is 0. The van der Waals surface area contributed by atoms with Crippen molar-refractivity contribution in [2.24, 2.45) is 0 Å². The van der Waals surface area contributed by atoms with Crippen molar-refractivity contribution in [3.05, 3.63) is 11.1 Å². The first-order valence-electron chi connectivity index (χ1n) is 4.41. The Morgan fingerprint density at radius 2 is 2.36 bits per heavy atom. The molecule has 0 bridgehead atoms. The van der Waals surface area contributed by atoms with E-state index in [-0.39, 0.29) is 0 Å². The molecule has 0 unspecified atom stereocenters. The predicted molar refractivity (Wildman–Crippen MR) is 58.2 cm³/mol. The number of hydrogen-bond donors (Lipinski definition) is 2. The topological polar surface area (TPSA) is 66.5 Å². The van der Waals surface area contributed by atoms with Gasteiger partial charge in [-0.25, -0.2) is 15.0 Å². The molecule has 2 aromatic heterocycles. The fraction of sp³-hybridized carbons (Fsp3) is 0.375. The van der Waals surface area contributed by atoms with E-state index in [1.807, 2.05) is 0 Å². The number of anilines is 1. The zero-order valence-electron chi connectivity index (χ0n) is 7.71. The predicted octanol–water partition coefficient (Wildman–Crippen LogP) is 1.94. The van der Waals surface area contributed by atoms with Crippen LogP contribution < -0.4 is 5.32 Å². The van der Waals surface area contributed by atoms with Crippen molar-refractivity contribution in [2.75, 3.05) is 11.9 Å². The van der Waals surface area contributed by atoms with Gasteiger partial charge in [0, 0.05) is 6.54 Å². The second-order valence-electron chi connectivity index (χ2n) is 2.87. The smallest absolute Gasteiger partial charge is 0.200 e. The average molecular weight is 256 g/mol. The molecule has 2 heterocycles. The molecule has 74 valence electrons. The lowest BCUT2D eigenvalue weighted by Crippen LogP contribution is -2.03. The van der Waals surface area contributed by atoms with E-state index in [1.165, 1.54) is 0 Å². The van der Waals surface area contributed by atoms with Gasteiger partial charge in [-0.3, -0.25) is 0 Å². The lowest BCUT2D eigenvalue weighted by molar-refractivity contribution is 0.965. The Morgan fingerprint density at radius 3 is 3.14 bits per heavy atom. The molecule has 0 atom stereocenters. The van der Waals surface area contributed by atoms with Crippen molar-refractivity contribution in [1.82, 2.24) is 19.9 Å². The van der Waals surface area contributed by atoms with Crippen LogP contribution in [-0.2, 0) is 0 Å². The van der Waals surface area contributed by atoms with Gasteiger partial charge in [0.15, 0.2) is 11.5 Å². The Morgan fingerprint density at radius 1 is 1.50 bits per heavy atom. The number of nitrogens with zero attached hydrogens (tertiary/aromatic N) is 3. The summed E-state index contributed by atoms with van der Waals surface area (Å²) >= 11 is 3.24. The number of rotatable bonds is 3. The average Bonchev–Trinajstić information content (AvgIpc) is 2.61. The highest BCUT2D eigenvalue weighted by Crippen LogP contribution is 2.18. The van der Waals surface area contributed by atoms with Crippen molar-refractivity contribution in [3.8, 4) is 0 Å². The van der Waals surface area contributed by atoms with Crippen molar-refractivity contribution in [2.45, 2.75) is 13.3 Å². The van der Waals surface area contributed by atoms with Gasteiger partial charge in [0.05, 0.1) is 6.33 Å². The van der Waals surface area contributed by atoms with E-state index in [2.05, 4.69) is 48.1 Å². The van der Waals surface area contributed by atoms with E-state index in [4.69, 9.17) is 0 Å². The molecule has 0 radical (unpaired) electrons. The monoisotopic (exact) mass is 255 g/mol. The van der Waals surface area contributed by atoms with Gasteiger partial charge >= 0.3 is 0 Å². The fourth-order valence-electron chi connectivity index (χ4n) is 1.18. The zero-order valence-corrected chi connectivity index (χ0v) is 9.30. The van der Waals surface area contributed by atoms with Crippen LogP contribution in [0.25, 0.3) is 11.2 Å². The Balaban J connectivity index is 2.44. The largest absolute Gasteiger partial charge is 0.368 e. The highest BCUT2D eigenvalue weighted by Gasteiger charge is 2.07. The van der Waals surface area contributed by atoms with Crippen molar-refractivity contribution in [3.63, 3.8) is 0 Å². The summed E-state index contributed by atoms with van der Waals surface area (Å²) in [5, 5.41) is 3.21. The maximum atomic E-state index is 4.23. The van der Waals surface area contributed by atoms with Crippen molar-refractivity contribution < 1.29 is 0 Å². The summed E-state index contributed by atoms with van der Waals surface area (Å²) in [4.78, 5) is 15.4. The molecule has 14 heavy (non-hydrogen) atoms. The summed E-state index contributed by atoms with van der Waals surface area (Å²) in [5.74, 6) is 0.793. The molecule has 0 aliphatic heterocycles. The minimum absolute atomic E-state index is 0.552. The van der Waals surface area contributed by atoms with Crippen LogP contribution in [0.5, 0.6) is 0 Å². The molecule has 2 aromatic rings. The van der Waals surface area contributed by atoms with E-state index in [0.29, 0.717) is 10.4 Å².